The molecule has 0 saturated carbocycles. The highest BCUT2D eigenvalue weighted by Gasteiger charge is 2.30. The van der Waals surface area contributed by atoms with Gasteiger partial charge in [0.1, 0.15) is 18.1 Å². The number of sulfonamides is 1. The molecule has 30 heavy (non-hydrogen) atoms. The lowest BCUT2D eigenvalue weighted by Crippen LogP contribution is -2.36. The van der Waals surface area contributed by atoms with E-state index in [1.165, 1.54) is 19.2 Å². The first-order valence-electron chi connectivity index (χ1n) is 8.31. The summed E-state index contributed by atoms with van der Waals surface area (Å²) < 4.78 is 69.0. The Kier molecular flexibility index (Phi) is 7.64. The van der Waals surface area contributed by atoms with Crippen LogP contribution in [0, 0.1) is 5.41 Å². The Labute approximate surface area is 185 Å². The van der Waals surface area contributed by atoms with Crippen LogP contribution in [0.4, 0.5) is 18.9 Å². The predicted octanol–water partition coefficient (Wildman–Crippen LogP) is 4.87. The molecule has 0 aliphatic rings. The molecular weight excluding hydrogens is 511 g/mol. The van der Waals surface area contributed by atoms with Gasteiger partial charge in [-0.05, 0) is 45.8 Å². The molecule has 2 aromatic carbocycles. The van der Waals surface area contributed by atoms with Crippen LogP contribution in [0.25, 0.3) is 0 Å². The summed E-state index contributed by atoms with van der Waals surface area (Å²) in [5, 5.41) is 10.6. The van der Waals surface area contributed by atoms with Gasteiger partial charge in [-0.25, -0.2) is 12.7 Å². The first-order valence-corrected chi connectivity index (χ1v) is 11.3. The SMILES string of the molecule is COc1ccc(CN(C(=N)c2c(Cl)ccc(Br)c2NCC(F)(F)F)S(C)(=O)=O)cc1. The zero-order chi connectivity index (χ0) is 22.7. The number of nitrogens with zero attached hydrogens (tertiary/aromatic N) is 1. The fourth-order valence-electron chi connectivity index (χ4n) is 2.53. The van der Waals surface area contributed by atoms with Crippen molar-refractivity contribution in [2.45, 2.75) is 12.7 Å². The molecule has 164 valence electrons. The van der Waals surface area contributed by atoms with Crippen LogP contribution in [-0.2, 0) is 16.6 Å². The molecule has 0 unspecified atom stereocenters. The Hall–Kier alpha value is -1.98. The van der Waals surface area contributed by atoms with Gasteiger partial charge >= 0.3 is 6.18 Å². The maximum Gasteiger partial charge on any atom is 0.405 e. The van der Waals surface area contributed by atoms with Crippen LogP contribution in [0.15, 0.2) is 40.9 Å². The van der Waals surface area contributed by atoms with E-state index >= 15 is 0 Å². The molecule has 0 aliphatic heterocycles. The second-order valence-corrected chi connectivity index (χ2v) is 9.38. The fraction of sp³-hybridized carbons (Fsp3) is 0.278. The number of hydrogen-bond donors (Lipinski definition) is 2. The van der Waals surface area contributed by atoms with Crippen molar-refractivity contribution in [3.63, 3.8) is 0 Å². The van der Waals surface area contributed by atoms with Crippen LogP contribution in [0.2, 0.25) is 5.02 Å². The van der Waals surface area contributed by atoms with Crippen LogP contribution in [0.5, 0.6) is 5.75 Å². The quantitative estimate of drug-likeness (QED) is 0.397. The topological polar surface area (TPSA) is 82.5 Å². The zero-order valence-corrected chi connectivity index (χ0v) is 19.0. The number of nitrogens with one attached hydrogen (secondary N) is 2. The van der Waals surface area contributed by atoms with Gasteiger partial charge < -0.3 is 10.1 Å². The van der Waals surface area contributed by atoms with E-state index in [0.717, 1.165) is 10.6 Å². The third kappa shape index (κ3) is 6.26. The number of halogens is 5. The molecule has 0 atom stereocenters. The second kappa shape index (κ2) is 9.44. The predicted molar refractivity (Wildman–Crippen MR) is 114 cm³/mol. The van der Waals surface area contributed by atoms with E-state index in [2.05, 4.69) is 21.2 Å². The average molecular weight is 529 g/mol. The van der Waals surface area contributed by atoms with Gasteiger partial charge in [0, 0.05) is 4.47 Å². The van der Waals surface area contributed by atoms with Crippen molar-refractivity contribution in [1.82, 2.24) is 4.31 Å². The highest BCUT2D eigenvalue weighted by molar-refractivity contribution is 9.10. The van der Waals surface area contributed by atoms with Gasteiger partial charge in [-0.3, -0.25) is 5.41 Å². The Morgan fingerprint density at radius 2 is 1.83 bits per heavy atom. The van der Waals surface area contributed by atoms with E-state index in [9.17, 15) is 21.6 Å². The summed E-state index contributed by atoms with van der Waals surface area (Å²) in [6, 6.07) is 9.27. The highest BCUT2D eigenvalue weighted by atomic mass is 79.9. The number of rotatable bonds is 7. The Bertz CT molecular complexity index is 1030. The molecule has 0 fully saturated rings. The normalized spacial score (nSPS) is 11.8. The summed E-state index contributed by atoms with van der Waals surface area (Å²) in [5.41, 5.74) is 0.240. The molecule has 2 rings (SSSR count). The van der Waals surface area contributed by atoms with Gasteiger partial charge in [0.2, 0.25) is 10.0 Å². The van der Waals surface area contributed by atoms with E-state index in [0.29, 0.717) is 11.3 Å². The van der Waals surface area contributed by atoms with Gasteiger partial charge in [-0.2, -0.15) is 13.2 Å². The van der Waals surface area contributed by atoms with Crippen molar-refractivity contribution in [2.24, 2.45) is 0 Å². The van der Waals surface area contributed by atoms with Crippen LogP contribution < -0.4 is 10.1 Å². The van der Waals surface area contributed by atoms with E-state index in [1.807, 2.05) is 0 Å². The lowest BCUT2D eigenvalue weighted by Gasteiger charge is -2.26. The maximum atomic E-state index is 12.7. The summed E-state index contributed by atoms with van der Waals surface area (Å²) >= 11 is 9.29. The highest BCUT2D eigenvalue weighted by Crippen LogP contribution is 2.35. The molecule has 0 heterocycles. The van der Waals surface area contributed by atoms with Crippen LogP contribution in [0.3, 0.4) is 0 Å². The van der Waals surface area contributed by atoms with Crippen LogP contribution in [-0.4, -0.2) is 44.6 Å². The molecule has 0 aliphatic carbocycles. The van der Waals surface area contributed by atoms with Gasteiger partial charge in [0.15, 0.2) is 0 Å². The number of anilines is 1. The van der Waals surface area contributed by atoms with Crippen LogP contribution >= 0.6 is 27.5 Å². The van der Waals surface area contributed by atoms with Crippen molar-refractivity contribution in [2.75, 3.05) is 25.2 Å². The molecule has 0 spiro atoms. The van der Waals surface area contributed by atoms with Gasteiger partial charge in [0.25, 0.3) is 0 Å². The summed E-state index contributed by atoms with van der Waals surface area (Å²) in [5.74, 6) is -0.00213. The minimum atomic E-state index is -4.53. The molecule has 0 radical (unpaired) electrons. The Morgan fingerprint density at radius 1 is 1.23 bits per heavy atom. The Morgan fingerprint density at radius 3 is 2.33 bits per heavy atom. The largest absolute Gasteiger partial charge is 0.497 e. The molecule has 2 aromatic rings. The minimum Gasteiger partial charge on any atom is -0.497 e. The molecule has 12 heteroatoms. The third-order valence-electron chi connectivity index (χ3n) is 3.94. The average Bonchev–Trinajstić information content (AvgIpc) is 2.65. The van der Waals surface area contributed by atoms with Crippen molar-refractivity contribution in [1.29, 1.82) is 5.41 Å². The fourth-order valence-corrected chi connectivity index (χ4v) is 4.05. The van der Waals surface area contributed by atoms with Gasteiger partial charge in [-0.1, -0.05) is 23.7 Å². The maximum absolute atomic E-state index is 12.7. The van der Waals surface area contributed by atoms with Crippen molar-refractivity contribution in [3.05, 3.63) is 57.0 Å². The van der Waals surface area contributed by atoms with Crippen LogP contribution in [0.1, 0.15) is 11.1 Å². The van der Waals surface area contributed by atoms with Gasteiger partial charge in [0.05, 0.1) is 36.2 Å². The third-order valence-corrected chi connectivity index (χ3v) is 6.03. The molecule has 0 bridgehead atoms. The van der Waals surface area contributed by atoms with E-state index in [4.69, 9.17) is 21.7 Å². The van der Waals surface area contributed by atoms with Crippen molar-refractivity contribution >= 4 is 49.1 Å². The first-order chi connectivity index (χ1) is 13.8. The first kappa shape index (κ1) is 24.3. The smallest absolute Gasteiger partial charge is 0.405 e. The monoisotopic (exact) mass is 527 g/mol. The van der Waals surface area contributed by atoms with Crippen molar-refractivity contribution in [3.8, 4) is 5.75 Å². The molecule has 0 amide bonds. The summed E-state index contributed by atoms with van der Waals surface area (Å²) in [6.07, 6.45) is -3.62. The summed E-state index contributed by atoms with van der Waals surface area (Å²) in [4.78, 5) is 0. The van der Waals surface area contributed by atoms with Gasteiger partial charge in [-0.15, -0.1) is 0 Å². The second-order valence-electron chi connectivity index (χ2n) is 6.21. The molecule has 0 aromatic heterocycles. The molecule has 6 nitrogen and oxygen atoms in total. The number of alkyl halides is 3. The minimum absolute atomic E-state index is 0.0729. The standard InChI is InChI=1S/C18H18BrClF3N3O3S/c1-29-12-5-3-11(4-6-12)9-26(30(2,27)28)17(24)15-14(20)8-7-13(19)16(15)25-10-18(21,22)23/h3-8,24-25H,9-10H2,1-2H3. The lowest BCUT2D eigenvalue weighted by molar-refractivity contribution is -0.115. The summed E-state index contributed by atoms with van der Waals surface area (Å²) in [7, 11) is -2.48. The number of benzene rings is 2. The lowest BCUT2D eigenvalue weighted by atomic mass is 10.1. The molecule has 2 N–H and O–H groups in total. The number of hydrogen-bond acceptors (Lipinski definition) is 5. The number of amidine groups is 1. The number of ether oxygens (including phenoxy) is 1. The van der Waals surface area contributed by atoms with E-state index < -0.39 is 28.6 Å². The van der Waals surface area contributed by atoms with Crippen molar-refractivity contribution < 1.29 is 26.3 Å². The summed E-state index contributed by atoms with van der Waals surface area (Å²) in [6.45, 7) is -1.60. The van der Waals surface area contributed by atoms with E-state index in [-0.39, 0.29) is 27.3 Å². The molecule has 0 saturated heterocycles. The van der Waals surface area contributed by atoms with E-state index in [1.54, 1.807) is 24.3 Å². The Balaban J connectivity index is 2.48. The zero-order valence-electron chi connectivity index (χ0n) is 15.8. The molecular formula is C18H18BrClF3N3O3S. The number of methoxy groups -OCH3 is 1.